The minimum absolute atomic E-state index is 0.106. The SMILES string of the molecule is O=C(OC(=O)C(F)(F)F)C(Cc1ccccn1)CN1CCC2(CCc3ccccc32)CC1. The summed E-state index contributed by atoms with van der Waals surface area (Å²) in [4.78, 5) is 30.0. The van der Waals surface area contributed by atoms with E-state index < -0.39 is 24.0 Å². The van der Waals surface area contributed by atoms with E-state index in [4.69, 9.17) is 0 Å². The number of fused-ring (bicyclic) bond motifs is 2. The molecule has 2 heterocycles. The second-order valence-corrected chi connectivity index (χ2v) is 8.67. The number of esters is 2. The molecule has 2 aromatic rings. The van der Waals surface area contributed by atoms with Crippen LogP contribution in [0.2, 0.25) is 0 Å². The predicted octanol–water partition coefficient (Wildman–Crippen LogP) is 3.85. The maximum atomic E-state index is 12.6. The number of hydrogen-bond donors (Lipinski definition) is 0. The fourth-order valence-electron chi connectivity index (χ4n) is 4.99. The number of alkyl halides is 3. The summed E-state index contributed by atoms with van der Waals surface area (Å²) in [5, 5.41) is 0. The number of likely N-dealkylation sites (tertiary alicyclic amines) is 1. The van der Waals surface area contributed by atoms with Crippen molar-refractivity contribution in [2.75, 3.05) is 19.6 Å². The minimum atomic E-state index is -5.21. The summed E-state index contributed by atoms with van der Waals surface area (Å²) in [7, 11) is 0. The van der Waals surface area contributed by atoms with Crippen LogP contribution in [0.15, 0.2) is 48.7 Å². The number of halogens is 3. The average molecular weight is 446 g/mol. The molecular weight excluding hydrogens is 421 g/mol. The van der Waals surface area contributed by atoms with Gasteiger partial charge in [-0.05, 0) is 67.4 Å². The predicted molar refractivity (Wildman–Crippen MR) is 111 cm³/mol. The van der Waals surface area contributed by atoms with Crippen molar-refractivity contribution in [2.45, 2.75) is 43.7 Å². The molecule has 0 radical (unpaired) electrons. The van der Waals surface area contributed by atoms with Crippen molar-refractivity contribution in [3.8, 4) is 0 Å². The van der Waals surface area contributed by atoms with E-state index in [1.54, 1.807) is 24.4 Å². The molecule has 1 fully saturated rings. The van der Waals surface area contributed by atoms with E-state index in [9.17, 15) is 22.8 Å². The lowest BCUT2D eigenvalue weighted by Crippen LogP contribution is -2.45. The zero-order valence-electron chi connectivity index (χ0n) is 17.6. The number of carbonyl (C=O) groups is 2. The Morgan fingerprint density at radius 2 is 1.78 bits per heavy atom. The maximum absolute atomic E-state index is 12.6. The maximum Gasteiger partial charge on any atom is 0.491 e. The number of nitrogens with zero attached hydrogens (tertiary/aromatic N) is 2. The van der Waals surface area contributed by atoms with E-state index >= 15 is 0 Å². The van der Waals surface area contributed by atoms with Crippen molar-refractivity contribution < 1.29 is 27.5 Å². The largest absolute Gasteiger partial charge is 0.491 e. The first-order chi connectivity index (χ1) is 15.3. The van der Waals surface area contributed by atoms with Crippen molar-refractivity contribution in [3.05, 3.63) is 65.5 Å². The van der Waals surface area contributed by atoms with Gasteiger partial charge in [-0.1, -0.05) is 30.3 Å². The van der Waals surface area contributed by atoms with Crippen LogP contribution < -0.4 is 0 Å². The second-order valence-electron chi connectivity index (χ2n) is 8.67. The molecule has 0 bridgehead atoms. The van der Waals surface area contributed by atoms with Gasteiger partial charge in [0.1, 0.15) is 0 Å². The first-order valence-electron chi connectivity index (χ1n) is 10.8. The highest BCUT2D eigenvalue weighted by molar-refractivity contribution is 5.89. The molecule has 1 aliphatic heterocycles. The Kier molecular flexibility index (Phi) is 6.33. The molecule has 1 aliphatic carbocycles. The molecule has 4 rings (SSSR count). The van der Waals surface area contributed by atoms with Crippen LogP contribution >= 0.6 is 0 Å². The summed E-state index contributed by atoms with van der Waals surface area (Å²) in [6, 6.07) is 13.7. The van der Waals surface area contributed by atoms with Gasteiger partial charge < -0.3 is 9.64 Å². The number of aryl methyl sites for hydroxylation is 1. The first kappa shape index (κ1) is 22.5. The molecular formula is C24H25F3N2O3. The monoisotopic (exact) mass is 446 g/mol. The zero-order valence-corrected chi connectivity index (χ0v) is 17.6. The van der Waals surface area contributed by atoms with Gasteiger partial charge >= 0.3 is 18.1 Å². The zero-order chi connectivity index (χ0) is 22.8. The molecule has 2 aliphatic rings. The Bertz CT molecular complexity index is 970. The molecule has 1 spiro atoms. The Labute approximate surface area is 184 Å². The number of pyridine rings is 1. The number of ether oxygens (including phenoxy) is 1. The lowest BCUT2D eigenvalue weighted by molar-refractivity contribution is -0.203. The summed E-state index contributed by atoms with van der Waals surface area (Å²) < 4.78 is 42.0. The van der Waals surface area contributed by atoms with Gasteiger partial charge in [-0.25, -0.2) is 4.79 Å². The first-order valence-corrected chi connectivity index (χ1v) is 10.8. The minimum Gasteiger partial charge on any atom is -0.386 e. The van der Waals surface area contributed by atoms with Crippen LogP contribution in [0.5, 0.6) is 0 Å². The molecule has 0 N–H and O–H groups in total. The summed E-state index contributed by atoms with van der Waals surface area (Å²) in [6.07, 6.45) is 0.465. The Morgan fingerprint density at radius 1 is 1.06 bits per heavy atom. The van der Waals surface area contributed by atoms with Crippen molar-refractivity contribution in [1.82, 2.24) is 9.88 Å². The quantitative estimate of drug-likeness (QED) is 0.516. The van der Waals surface area contributed by atoms with Crippen molar-refractivity contribution in [3.63, 3.8) is 0 Å². The highest BCUT2D eigenvalue weighted by Gasteiger charge is 2.44. The summed E-state index contributed by atoms with van der Waals surface area (Å²) >= 11 is 0. The average Bonchev–Trinajstić information content (AvgIpc) is 3.13. The third-order valence-corrected chi connectivity index (χ3v) is 6.69. The van der Waals surface area contributed by atoms with Gasteiger partial charge in [0.2, 0.25) is 0 Å². The van der Waals surface area contributed by atoms with Crippen LogP contribution in [0, 0.1) is 5.92 Å². The highest BCUT2D eigenvalue weighted by Crippen LogP contribution is 2.46. The van der Waals surface area contributed by atoms with Crippen molar-refractivity contribution in [2.24, 2.45) is 5.92 Å². The van der Waals surface area contributed by atoms with Crippen LogP contribution in [-0.2, 0) is 32.6 Å². The third-order valence-electron chi connectivity index (χ3n) is 6.69. The molecule has 1 unspecified atom stereocenters. The highest BCUT2D eigenvalue weighted by atomic mass is 19.4. The van der Waals surface area contributed by atoms with E-state index in [1.807, 2.05) is 0 Å². The molecule has 170 valence electrons. The van der Waals surface area contributed by atoms with Gasteiger partial charge in [0.15, 0.2) is 0 Å². The van der Waals surface area contributed by atoms with E-state index in [1.165, 1.54) is 11.1 Å². The Balaban J connectivity index is 1.43. The number of piperidine rings is 1. The third kappa shape index (κ3) is 4.85. The number of aromatic nitrogens is 1. The van der Waals surface area contributed by atoms with E-state index in [2.05, 4.69) is 38.9 Å². The molecule has 5 nitrogen and oxygen atoms in total. The lowest BCUT2D eigenvalue weighted by Gasteiger charge is -2.41. The topological polar surface area (TPSA) is 59.5 Å². The van der Waals surface area contributed by atoms with Gasteiger partial charge in [0, 0.05) is 24.9 Å². The Morgan fingerprint density at radius 3 is 2.47 bits per heavy atom. The molecule has 1 atom stereocenters. The van der Waals surface area contributed by atoms with Crippen LogP contribution in [-0.4, -0.2) is 47.6 Å². The van der Waals surface area contributed by atoms with Crippen molar-refractivity contribution in [1.29, 1.82) is 0 Å². The van der Waals surface area contributed by atoms with E-state index in [0.29, 0.717) is 5.69 Å². The van der Waals surface area contributed by atoms with Gasteiger partial charge in [0.05, 0.1) is 5.92 Å². The normalized spacial score (nSPS) is 18.8. The summed E-state index contributed by atoms with van der Waals surface area (Å²) in [6.45, 7) is 1.68. The Hall–Kier alpha value is -2.74. The van der Waals surface area contributed by atoms with Gasteiger partial charge in [-0.3, -0.25) is 9.78 Å². The molecule has 0 amide bonds. The summed E-state index contributed by atoms with van der Waals surface area (Å²) in [5.74, 6) is -4.56. The molecule has 8 heteroatoms. The number of rotatable bonds is 5. The molecule has 1 aromatic carbocycles. The number of hydrogen-bond acceptors (Lipinski definition) is 5. The number of carbonyl (C=O) groups excluding carboxylic acids is 2. The van der Waals surface area contributed by atoms with Crippen LogP contribution in [0.25, 0.3) is 0 Å². The van der Waals surface area contributed by atoms with E-state index in [-0.39, 0.29) is 18.4 Å². The van der Waals surface area contributed by atoms with Crippen LogP contribution in [0.3, 0.4) is 0 Å². The van der Waals surface area contributed by atoms with Crippen LogP contribution in [0.1, 0.15) is 36.1 Å². The molecule has 32 heavy (non-hydrogen) atoms. The summed E-state index contributed by atoms with van der Waals surface area (Å²) in [5.41, 5.74) is 3.49. The van der Waals surface area contributed by atoms with E-state index in [0.717, 1.165) is 38.8 Å². The molecule has 0 saturated carbocycles. The molecule has 1 aromatic heterocycles. The van der Waals surface area contributed by atoms with Crippen molar-refractivity contribution >= 4 is 11.9 Å². The second kappa shape index (κ2) is 9.02. The standard InChI is InChI=1S/C24H25F3N2O3/c25-24(26,27)22(31)32-21(30)18(15-19-6-3-4-12-28-19)16-29-13-10-23(11-14-29)9-8-17-5-1-2-7-20(17)23/h1-7,12,18H,8-11,13-16H2. The smallest absolute Gasteiger partial charge is 0.386 e. The fourth-order valence-corrected chi connectivity index (χ4v) is 4.99. The lowest BCUT2D eigenvalue weighted by atomic mass is 9.73. The van der Waals surface area contributed by atoms with Gasteiger partial charge in [-0.2, -0.15) is 13.2 Å². The van der Waals surface area contributed by atoms with Crippen LogP contribution in [0.4, 0.5) is 13.2 Å². The molecule has 1 saturated heterocycles. The fraction of sp³-hybridized carbons (Fsp3) is 0.458. The van der Waals surface area contributed by atoms with Gasteiger partial charge in [0.25, 0.3) is 0 Å². The number of benzene rings is 1. The van der Waals surface area contributed by atoms with Gasteiger partial charge in [-0.15, -0.1) is 0 Å².